The van der Waals surface area contributed by atoms with Crippen molar-refractivity contribution in [1.82, 2.24) is 15.3 Å². The summed E-state index contributed by atoms with van der Waals surface area (Å²) < 4.78 is 4.56. The molecule has 0 spiro atoms. The summed E-state index contributed by atoms with van der Waals surface area (Å²) in [7, 11) is 0. The number of imidazole rings is 1. The number of esters is 1. The molecule has 1 heterocycles. The van der Waals surface area contributed by atoms with Crippen molar-refractivity contribution in [2.45, 2.75) is 20.3 Å². The Balaban J connectivity index is 0.000000356. The first kappa shape index (κ1) is 16.6. The molecule has 106 valence electrons. The minimum atomic E-state index is -0.984. The summed E-state index contributed by atoms with van der Waals surface area (Å²) in [5, 5.41) is 10.7. The number of aromatic amines is 1. The predicted octanol–water partition coefficient (Wildman–Crippen LogP) is 0.184. The number of rotatable bonds is 5. The Morgan fingerprint density at radius 1 is 1.42 bits per heavy atom. The van der Waals surface area contributed by atoms with Crippen molar-refractivity contribution in [2.24, 2.45) is 0 Å². The summed E-state index contributed by atoms with van der Waals surface area (Å²) in [5.41, 5.74) is 0.116. The van der Waals surface area contributed by atoms with E-state index >= 15 is 0 Å². The molecule has 8 heteroatoms. The largest absolute Gasteiger partial charge is 0.477 e. The Kier molecular flexibility index (Phi) is 8.42. The highest BCUT2D eigenvalue weighted by atomic mass is 16.5. The van der Waals surface area contributed by atoms with Gasteiger partial charge in [-0.05, 0) is 13.8 Å². The van der Waals surface area contributed by atoms with Gasteiger partial charge in [-0.3, -0.25) is 9.59 Å². The van der Waals surface area contributed by atoms with Gasteiger partial charge in [0, 0.05) is 6.54 Å². The fourth-order valence-electron chi connectivity index (χ4n) is 0.976. The second-order valence-corrected chi connectivity index (χ2v) is 3.21. The fourth-order valence-corrected chi connectivity index (χ4v) is 0.976. The van der Waals surface area contributed by atoms with Crippen LogP contribution in [0.5, 0.6) is 0 Å². The molecule has 1 aromatic heterocycles. The third-order valence-corrected chi connectivity index (χ3v) is 1.71. The number of H-pyrrole nitrogens is 1. The first-order valence-corrected chi connectivity index (χ1v) is 5.65. The maximum atomic E-state index is 10.7. The van der Waals surface area contributed by atoms with Crippen LogP contribution in [-0.4, -0.2) is 46.1 Å². The molecule has 8 nitrogen and oxygen atoms in total. The highest BCUT2D eigenvalue weighted by molar-refractivity contribution is 5.94. The third kappa shape index (κ3) is 8.36. The Hall–Kier alpha value is -2.38. The van der Waals surface area contributed by atoms with Crippen molar-refractivity contribution in [2.75, 3.05) is 13.2 Å². The molecular formula is C11H17N3O5. The lowest BCUT2D eigenvalue weighted by Crippen LogP contribution is -2.25. The van der Waals surface area contributed by atoms with Crippen LogP contribution in [0.4, 0.5) is 0 Å². The van der Waals surface area contributed by atoms with E-state index in [9.17, 15) is 14.4 Å². The summed E-state index contributed by atoms with van der Waals surface area (Å²) in [5.74, 6) is -1.74. The first-order valence-electron chi connectivity index (χ1n) is 5.65. The molecular weight excluding hydrogens is 254 g/mol. The van der Waals surface area contributed by atoms with Crippen LogP contribution in [0.3, 0.4) is 0 Å². The SMILES string of the molecule is CCNC(=O)CC(=O)OCC.O=C(O)c1cnc[nH]1. The number of carbonyl (C=O) groups excluding carboxylic acids is 2. The van der Waals surface area contributed by atoms with E-state index in [0.29, 0.717) is 13.2 Å². The molecule has 0 saturated carbocycles. The molecule has 0 unspecified atom stereocenters. The van der Waals surface area contributed by atoms with Crippen molar-refractivity contribution in [1.29, 1.82) is 0 Å². The zero-order valence-corrected chi connectivity index (χ0v) is 10.8. The standard InChI is InChI=1S/C7H13NO3.C4H4N2O2/c1-3-8-6(9)5-7(10)11-4-2;7-4(8)3-1-5-2-6-3/h3-5H2,1-2H3,(H,8,9);1-2H,(H,5,6)(H,7,8). The van der Waals surface area contributed by atoms with Gasteiger partial charge in [0.2, 0.25) is 5.91 Å². The number of nitrogens with zero attached hydrogens (tertiary/aromatic N) is 1. The van der Waals surface area contributed by atoms with Crippen molar-refractivity contribution < 1.29 is 24.2 Å². The molecule has 1 amide bonds. The number of hydrogen-bond donors (Lipinski definition) is 3. The molecule has 0 atom stereocenters. The van der Waals surface area contributed by atoms with E-state index in [2.05, 4.69) is 20.0 Å². The smallest absolute Gasteiger partial charge is 0.353 e. The van der Waals surface area contributed by atoms with Gasteiger partial charge in [-0.2, -0.15) is 0 Å². The summed E-state index contributed by atoms with van der Waals surface area (Å²) in [6, 6.07) is 0. The van der Waals surface area contributed by atoms with E-state index in [1.165, 1.54) is 12.5 Å². The molecule has 3 N–H and O–H groups in total. The number of carbonyl (C=O) groups is 3. The zero-order chi connectivity index (χ0) is 14.7. The minimum absolute atomic E-state index is 0.116. The number of ether oxygens (including phenoxy) is 1. The van der Waals surface area contributed by atoms with Crippen LogP contribution in [0.2, 0.25) is 0 Å². The highest BCUT2D eigenvalue weighted by Gasteiger charge is 2.07. The van der Waals surface area contributed by atoms with Gasteiger partial charge in [0.1, 0.15) is 12.1 Å². The number of amides is 1. The van der Waals surface area contributed by atoms with E-state index in [-0.39, 0.29) is 18.0 Å². The van der Waals surface area contributed by atoms with Gasteiger partial charge in [0.25, 0.3) is 0 Å². The quantitative estimate of drug-likeness (QED) is 0.519. The fraction of sp³-hybridized carbons (Fsp3) is 0.455. The average Bonchev–Trinajstić information content (AvgIpc) is 2.83. The summed E-state index contributed by atoms with van der Waals surface area (Å²) in [6.07, 6.45) is 2.40. The monoisotopic (exact) mass is 271 g/mol. The van der Waals surface area contributed by atoms with Crippen LogP contribution in [0.25, 0.3) is 0 Å². The Bertz CT molecular complexity index is 386. The van der Waals surface area contributed by atoms with Crippen LogP contribution in [0.1, 0.15) is 30.8 Å². The second-order valence-electron chi connectivity index (χ2n) is 3.21. The third-order valence-electron chi connectivity index (χ3n) is 1.71. The summed E-state index contributed by atoms with van der Waals surface area (Å²) in [6.45, 7) is 4.36. The number of nitrogens with one attached hydrogen (secondary N) is 2. The molecule has 0 saturated heterocycles. The van der Waals surface area contributed by atoms with E-state index < -0.39 is 11.9 Å². The van der Waals surface area contributed by atoms with E-state index in [0.717, 1.165) is 0 Å². The maximum absolute atomic E-state index is 10.7. The minimum Gasteiger partial charge on any atom is -0.477 e. The molecule has 0 bridgehead atoms. The topological polar surface area (TPSA) is 121 Å². The summed E-state index contributed by atoms with van der Waals surface area (Å²) in [4.78, 5) is 37.3. The first-order chi connectivity index (χ1) is 9.01. The van der Waals surface area contributed by atoms with Gasteiger partial charge in [-0.15, -0.1) is 0 Å². The van der Waals surface area contributed by atoms with E-state index in [1.807, 2.05) is 0 Å². The number of carboxylic acid groups (broad SMARTS) is 1. The molecule has 0 aliphatic heterocycles. The van der Waals surface area contributed by atoms with Crippen molar-refractivity contribution in [3.63, 3.8) is 0 Å². The van der Waals surface area contributed by atoms with Crippen LogP contribution in [-0.2, 0) is 14.3 Å². The predicted molar refractivity (Wildman–Crippen MR) is 65.5 cm³/mol. The van der Waals surface area contributed by atoms with Gasteiger partial charge < -0.3 is 20.1 Å². The number of aromatic carboxylic acids is 1. The van der Waals surface area contributed by atoms with Gasteiger partial charge in [-0.1, -0.05) is 0 Å². The van der Waals surface area contributed by atoms with Crippen LogP contribution < -0.4 is 5.32 Å². The lowest BCUT2D eigenvalue weighted by atomic mass is 10.4. The molecule has 0 aromatic carbocycles. The van der Waals surface area contributed by atoms with Crippen molar-refractivity contribution >= 4 is 17.8 Å². The second kappa shape index (κ2) is 9.63. The zero-order valence-electron chi connectivity index (χ0n) is 10.8. The lowest BCUT2D eigenvalue weighted by molar-refractivity contribution is -0.145. The average molecular weight is 271 g/mol. The molecule has 19 heavy (non-hydrogen) atoms. The molecule has 0 fully saturated rings. The van der Waals surface area contributed by atoms with Gasteiger partial charge in [0.05, 0.1) is 19.1 Å². The Morgan fingerprint density at radius 3 is 2.47 bits per heavy atom. The molecule has 0 aliphatic carbocycles. The lowest BCUT2D eigenvalue weighted by Gasteiger charge is -2.01. The number of carboxylic acids is 1. The Morgan fingerprint density at radius 2 is 2.11 bits per heavy atom. The van der Waals surface area contributed by atoms with Crippen molar-refractivity contribution in [3.8, 4) is 0 Å². The molecule has 0 aliphatic rings. The maximum Gasteiger partial charge on any atom is 0.353 e. The van der Waals surface area contributed by atoms with Gasteiger partial charge >= 0.3 is 11.9 Å². The number of hydrogen-bond acceptors (Lipinski definition) is 5. The Labute approximate surface area is 110 Å². The molecule has 0 radical (unpaired) electrons. The van der Waals surface area contributed by atoms with Crippen molar-refractivity contribution in [3.05, 3.63) is 18.2 Å². The normalized spacial score (nSPS) is 8.95. The van der Waals surface area contributed by atoms with Crippen LogP contribution in [0.15, 0.2) is 12.5 Å². The number of aromatic nitrogens is 2. The van der Waals surface area contributed by atoms with Gasteiger partial charge in [-0.25, -0.2) is 9.78 Å². The molecule has 1 aromatic rings. The van der Waals surface area contributed by atoms with E-state index in [1.54, 1.807) is 13.8 Å². The summed E-state index contributed by atoms with van der Waals surface area (Å²) >= 11 is 0. The van der Waals surface area contributed by atoms with Gasteiger partial charge in [0.15, 0.2) is 0 Å². The van der Waals surface area contributed by atoms with E-state index in [4.69, 9.17) is 5.11 Å². The van der Waals surface area contributed by atoms with Crippen LogP contribution in [0, 0.1) is 0 Å². The molecule has 1 rings (SSSR count). The highest BCUT2D eigenvalue weighted by Crippen LogP contribution is 1.87. The van der Waals surface area contributed by atoms with Crippen LogP contribution >= 0.6 is 0 Å².